The van der Waals surface area contributed by atoms with Gasteiger partial charge in [-0.25, -0.2) is 4.39 Å². The van der Waals surface area contributed by atoms with E-state index < -0.39 is 5.97 Å². The Kier molecular flexibility index (Phi) is 5.78. The highest BCUT2D eigenvalue weighted by Crippen LogP contribution is 2.24. The van der Waals surface area contributed by atoms with E-state index in [2.05, 4.69) is 0 Å². The van der Waals surface area contributed by atoms with Crippen LogP contribution in [0.25, 0.3) is 10.9 Å². The minimum Gasteiger partial charge on any atom is -0.481 e. The van der Waals surface area contributed by atoms with E-state index in [-0.39, 0.29) is 37.3 Å². The molecular formula is C22H23FN2O3. The van der Waals surface area contributed by atoms with E-state index in [1.807, 2.05) is 38.1 Å². The van der Waals surface area contributed by atoms with Crippen molar-refractivity contribution in [3.05, 3.63) is 71.7 Å². The van der Waals surface area contributed by atoms with Gasteiger partial charge in [0.1, 0.15) is 11.5 Å². The lowest BCUT2D eigenvalue weighted by Gasteiger charge is -2.27. The van der Waals surface area contributed by atoms with Gasteiger partial charge in [0, 0.05) is 29.1 Å². The third-order valence-corrected chi connectivity index (χ3v) is 4.77. The Morgan fingerprint density at radius 2 is 1.79 bits per heavy atom. The van der Waals surface area contributed by atoms with Crippen molar-refractivity contribution in [1.29, 1.82) is 0 Å². The Morgan fingerprint density at radius 3 is 2.46 bits per heavy atom. The summed E-state index contributed by atoms with van der Waals surface area (Å²) in [6, 6.07) is 15.7. The number of halogens is 1. The summed E-state index contributed by atoms with van der Waals surface area (Å²) in [5.74, 6) is -1.54. The molecule has 1 amide bonds. The van der Waals surface area contributed by atoms with Crippen LogP contribution in [0.4, 0.5) is 4.39 Å². The summed E-state index contributed by atoms with van der Waals surface area (Å²) in [5.41, 5.74) is 1.74. The highest BCUT2D eigenvalue weighted by Gasteiger charge is 2.24. The van der Waals surface area contributed by atoms with Crippen LogP contribution in [0.3, 0.4) is 0 Å². The first kappa shape index (κ1) is 19.6. The number of rotatable bonds is 7. The van der Waals surface area contributed by atoms with Crippen molar-refractivity contribution in [1.82, 2.24) is 9.47 Å². The molecule has 1 aromatic heterocycles. The van der Waals surface area contributed by atoms with Crippen LogP contribution in [0.5, 0.6) is 0 Å². The van der Waals surface area contributed by atoms with E-state index >= 15 is 0 Å². The number of carbonyl (C=O) groups excluding carboxylic acids is 1. The summed E-state index contributed by atoms with van der Waals surface area (Å²) in [7, 11) is 0. The summed E-state index contributed by atoms with van der Waals surface area (Å²) in [4.78, 5) is 25.8. The number of carbonyl (C=O) groups is 2. The lowest BCUT2D eigenvalue weighted by Crippen LogP contribution is -2.39. The Labute approximate surface area is 163 Å². The largest absolute Gasteiger partial charge is 0.481 e. The van der Waals surface area contributed by atoms with E-state index in [9.17, 15) is 14.0 Å². The van der Waals surface area contributed by atoms with Crippen LogP contribution < -0.4 is 0 Å². The molecule has 3 aromatic rings. The molecule has 2 aromatic carbocycles. The summed E-state index contributed by atoms with van der Waals surface area (Å²) in [5, 5.41) is 9.88. The van der Waals surface area contributed by atoms with E-state index in [1.54, 1.807) is 33.7 Å². The van der Waals surface area contributed by atoms with Crippen molar-refractivity contribution in [3.8, 4) is 0 Å². The molecule has 1 heterocycles. The van der Waals surface area contributed by atoms with E-state index in [0.29, 0.717) is 11.3 Å². The van der Waals surface area contributed by atoms with Crippen LogP contribution in [0.2, 0.25) is 0 Å². The third kappa shape index (κ3) is 4.06. The monoisotopic (exact) mass is 382 g/mol. The summed E-state index contributed by atoms with van der Waals surface area (Å²) >= 11 is 0. The fourth-order valence-corrected chi connectivity index (χ4v) is 3.31. The number of benzene rings is 2. The maximum absolute atomic E-state index is 14.2. The predicted molar refractivity (Wildman–Crippen MR) is 106 cm³/mol. The molecular weight excluding hydrogens is 359 g/mol. The molecule has 1 N–H and O–H groups in total. The smallest absolute Gasteiger partial charge is 0.305 e. The first-order chi connectivity index (χ1) is 13.4. The average molecular weight is 382 g/mol. The topological polar surface area (TPSA) is 62.5 Å². The summed E-state index contributed by atoms with van der Waals surface area (Å²) in [6.45, 7) is 4.03. The van der Waals surface area contributed by atoms with Gasteiger partial charge in [-0.2, -0.15) is 0 Å². The zero-order chi connectivity index (χ0) is 20.3. The molecule has 0 fully saturated rings. The minimum absolute atomic E-state index is 0.118. The van der Waals surface area contributed by atoms with Crippen molar-refractivity contribution in [2.75, 3.05) is 6.54 Å². The van der Waals surface area contributed by atoms with Crippen molar-refractivity contribution < 1.29 is 19.1 Å². The van der Waals surface area contributed by atoms with Crippen LogP contribution in [-0.4, -0.2) is 39.0 Å². The van der Waals surface area contributed by atoms with Gasteiger partial charge < -0.3 is 14.6 Å². The van der Waals surface area contributed by atoms with Gasteiger partial charge in [-0.05, 0) is 32.0 Å². The molecule has 6 heteroatoms. The number of hydrogen-bond acceptors (Lipinski definition) is 2. The van der Waals surface area contributed by atoms with E-state index in [0.717, 1.165) is 10.9 Å². The highest BCUT2D eigenvalue weighted by atomic mass is 19.1. The normalized spacial score (nSPS) is 11.1. The molecule has 5 nitrogen and oxygen atoms in total. The number of fused-ring (bicyclic) bond motifs is 1. The molecule has 0 unspecified atom stereocenters. The van der Waals surface area contributed by atoms with Crippen molar-refractivity contribution in [2.24, 2.45) is 0 Å². The molecule has 0 saturated carbocycles. The maximum atomic E-state index is 14.2. The third-order valence-electron chi connectivity index (χ3n) is 4.77. The fourth-order valence-electron chi connectivity index (χ4n) is 3.31. The first-order valence-corrected chi connectivity index (χ1v) is 9.23. The molecule has 0 spiro atoms. The maximum Gasteiger partial charge on any atom is 0.305 e. The predicted octanol–water partition coefficient (Wildman–Crippen LogP) is 4.15. The Hall–Kier alpha value is -3.15. The van der Waals surface area contributed by atoms with Gasteiger partial charge in [-0.15, -0.1) is 0 Å². The van der Waals surface area contributed by atoms with Gasteiger partial charge >= 0.3 is 5.97 Å². The number of hydrogen-bond donors (Lipinski definition) is 1. The lowest BCUT2D eigenvalue weighted by molar-refractivity contribution is -0.137. The van der Waals surface area contributed by atoms with Gasteiger partial charge in [0.15, 0.2) is 0 Å². The molecule has 146 valence electrons. The quantitative estimate of drug-likeness (QED) is 0.668. The lowest BCUT2D eigenvalue weighted by atomic mass is 10.2. The standard InChI is InChI=1S/C22H23FN2O3/c1-15(2)24(12-11-21(26)27)22(28)20-13-16-7-4-6-10-19(16)25(20)14-17-8-3-5-9-18(17)23/h3-10,13,15H,11-12,14H2,1-2H3,(H,26,27). The number of amides is 1. The number of aromatic nitrogens is 1. The van der Waals surface area contributed by atoms with Crippen LogP contribution in [0, 0.1) is 5.82 Å². The molecule has 0 atom stereocenters. The minimum atomic E-state index is -0.953. The van der Waals surface area contributed by atoms with Gasteiger partial charge in [-0.3, -0.25) is 9.59 Å². The second-order valence-electron chi connectivity index (χ2n) is 7.00. The van der Waals surface area contributed by atoms with Crippen molar-refractivity contribution in [2.45, 2.75) is 32.9 Å². The number of aliphatic carboxylic acids is 1. The summed E-state index contributed by atoms with van der Waals surface area (Å²) < 4.78 is 16.0. The van der Waals surface area contributed by atoms with Gasteiger partial charge in [0.05, 0.1) is 13.0 Å². The zero-order valence-electron chi connectivity index (χ0n) is 15.9. The molecule has 0 aliphatic heterocycles. The van der Waals surface area contributed by atoms with Crippen molar-refractivity contribution >= 4 is 22.8 Å². The van der Waals surface area contributed by atoms with Gasteiger partial charge in [-0.1, -0.05) is 36.4 Å². The molecule has 0 aliphatic rings. The molecule has 3 rings (SSSR count). The molecule has 0 radical (unpaired) electrons. The van der Waals surface area contributed by atoms with Gasteiger partial charge in [0.25, 0.3) is 5.91 Å². The van der Waals surface area contributed by atoms with Crippen molar-refractivity contribution in [3.63, 3.8) is 0 Å². The second-order valence-corrected chi connectivity index (χ2v) is 7.00. The van der Waals surface area contributed by atoms with Crippen LogP contribution >= 0.6 is 0 Å². The van der Waals surface area contributed by atoms with Crippen LogP contribution in [-0.2, 0) is 11.3 Å². The molecule has 0 aliphatic carbocycles. The Balaban J connectivity index is 2.05. The second kappa shape index (κ2) is 8.25. The fraction of sp³-hybridized carbons (Fsp3) is 0.273. The van der Waals surface area contributed by atoms with Crippen LogP contribution in [0.1, 0.15) is 36.3 Å². The van der Waals surface area contributed by atoms with Crippen LogP contribution in [0.15, 0.2) is 54.6 Å². The molecule has 0 bridgehead atoms. The SMILES string of the molecule is CC(C)N(CCC(=O)O)C(=O)c1cc2ccccc2n1Cc1ccccc1F. The van der Waals surface area contributed by atoms with Gasteiger partial charge in [0.2, 0.25) is 0 Å². The average Bonchev–Trinajstić information content (AvgIpc) is 3.02. The first-order valence-electron chi connectivity index (χ1n) is 9.23. The number of nitrogens with zero attached hydrogens (tertiary/aromatic N) is 2. The number of carboxylic acids is 1. The number of para-hydroxylation sites is 1. The number of carboxylic acid groups (broad SMARTS) is 1. The van der Waals surface area contributed by atoms with E-state index in [4.69, 9.17) is 5.11 Å². The van der Waals surface area contributed by atoms with E-state index in [1.165, 1.54) is 6.07 Å². The molecule has 28 heavy (non-hydrogen) atoms. The Morgan fingerprint density at radius 1 is 1.11 bits per heavy atom. The molecule has 0 saturated heterocycles. The highest BCUT2D eigenvalue weighted by molar-refractivity contribution is 5.99. The Bertz CT molecular complexity index is 1010. The zero-order valence-corrected chi connectivity index (χ0v) is 15.9. The summed E-state index contributed by atoms with van der Waals surface area (Å²) in [6.07, 6.45) is -0.128.